The first-order valence-electron chi connectivity index (χ1n) is 10.2. The topological polar surface area (TPSA) is 105 Å². The molecule has 28 heavy (non-hydrogen) atoms. The Morgan fingerprint density at radius 2 is 2.04 bits per heavy atom. The lowest BCUT2D eigenvalue weighted by Crippen LogP contribution is -2.52. The van der Waals surface area contributed by atoms with Crippen LogP contribution < -0.4 is 16.4 Å². The fourth-order valence-corrected chi connectivity index (χ4v) is 5.60. The number of fused-ring (bicyclic) bond motifs is 3. The molecule has 7 heteroatoms. The Kier molecular flexibility index (Phi) is 4.25. The summed E-state index contributed by atoms with van der Waals surface area (Å²) in [4.78, 5) is 38.0. The summed E-state index contributed by atoms with van der Waals surface area (Å²) in [6, 6.07) is 6.22. The van der Waals surface area contributed by atoms with E-state index >= 15 is 0 Å². The van der Waals surface area contributed by atoms with Crippen LogP contribution in [0.4, 0.5) is 0 Å². The molecule has 4 N–H and O–H groups in total. The van der Waals surface area contributed by atoms with E-state index < -0.39 is 6.04 Å². The van der Waals surface area contributed by atoms with E-state index in [1.807, 2.05) is 12.1 Å². The van der Waals surface area contributed by atoms with Gasteiger partial charge in [-0.2, -0.15) is 0 Å². The van der Waals surface area contributed by atoms with Gasteiger partial charge in [-0.15, -0.1) is 0 Å². The molecule has 5 atom stereocenters. The van der Waals surface area contributed by atoms with Gasteiger partial charge in [-0.05, 0) is 54.7 Å². The van der Waals surface area contributed by atoms with Gasteiger partial charge in [0.25, 0.3) is 5.91 Å². The van der Waals surface area contributed by atoms with E-state index in [1.54, 1.807) is 4.90 Å². The highest BCUT2D eigenvalue weighted by molar-refractivity contribution is 6.05. The molecule has 3 fully saturated rings. The summed E-state index contributed by atoms with van der Waals surface area (Å²) in [5, 5.41) is 5.99. The number of carbonyl (C=O) groups is 3. The predicted molar refractivity (Wildman–Crippen MR) is 102 cm³/mol. The maximum Gasteiger partial charge on any atom is 0.255 e. The molecule has 1 aromatic rings. The van der Waals surface area contributed by atoms with Gasteiger partial charge in [0.15, 0.2) is 0 Å². The second kappa shape index (κ2) is 6.67. The van der Waals surface area contributed by atoms with Crippen LogP contribution in [0, 0.1) is 11.8 Å². The van der Waals surface area contributed by atoms with E-state index in [-0.39, 0.29) is 24.1 Å². The van der Waals surface area contributed by atoms with Crippen LogP contribution in [0.15, 0.2) is 18.2 Å². The molecule has 2 heterocycles. The number of amides is 3. The highest BCUT2D eigenvalue weighted by Gasteiger charge is 2.44. The van der Waals surface area contributed by atoms with Gasteiger partial charge in [0, 0.05) is 37.2 Å². The number of imide groups is 1. The molecule has 4 aliphatic rings. The molecule has 2 aliphatic carbocycles. The van der Waals surface area contributed by atoms with Gasteiger partial charge in [-0.25, -0.2) is 0 Å². The molecule has 2 aliphatic heterocycles. The number of nitrogens with two attached hydrogens (primary N) is 1. The minimum absolute atomic E-state index is 0.117. The third-order valence-electron chi connectivity index (χ3n) is 7.03. The molecule has 5 rings (SSSR count). The monoisotopic (exact) mass is 382 g/mol. The van der Waals surface area contributed by atoms with Gasteiger partial charge in [-0.1, -0.05) is 12.1 Å². The summed E-state index contributed by atoms with van der Waals surface area (Å²) in [5.41, 5.74) is 8.93. The van der Waals surface area contributed by atoms with Crippen LogP contribution in [0.5, 0.6) is 0 Å². The second-order valence-corrected chi connectivity index (χ2v) is 8.78. The van der Waals surface area contributed by atoms with Crippen molar-refractivity contribution in [3.8, 4) is 0 Å². The van der Waals surface area contributed by atoms with Crippen molar-refractivity contribution in [1.82, 2.24) is 15.5 Å². The van der Waals surface area contributed by atoms with Crippen LogP contribution in [0.3, 0.4) is 0 Å². The normalized spacial score (nSPS) is 34.1. The smallest absolute Gasteiger partial charge is 0.255 e. The Bertz CT molecular complexity index is 854. The average molecular weight is 382 g/mol. The first-order valence-corrected chi connectivity index (χ1v) is 10.2. The van der Waals surface area contributed by atoms with E-state index in [2.05, 4.69) is 16.7 Å². The predicted octanol–water partition coefficient (Wildman–Crippen LogP) is 0.663. The van der Waals surface area contributed by atoms with Crippen molar-refractivity contribution in [3.63, 3.8) is 0 Å². The third kappa shape index (κ3) is 2.93. The number of hydrogen-bond donors (Lipinski definition) is 3. The van der Waals surface area contributed by atoms with Gasteiger partial charge >= 0.3 is 0 Å². The molecule has 1 unspecified atom stereocenters. The Labute approximate surface area is 164 Å². The lowest BCUT2D eigenvalue weighted by atomic mass is 9.91. The van der Waals surface area contributed by atoms with Gasteiger partial charge in [0.1, 0.15) is 6.04 Å². The van der Waals surface area contributed by atoms with E-state index in [1.165, 1.54) is 12.8 Å². The van der Waals surface area contributed by atoms with Crippen molar-refractivity contribution >= 4 is 17.7 Å². The SMILES string of the molecule is N[C@@H]1C[C@H]2C[C@@H]1[C@@H](NCc1ccc3c(c1)C(=O)N(C1CCC(=O)NC1=O)C3)C2. The fourth-order valence-electron chi connectivity index (χ4n) is 5.60. The molecular weight excluding hydrogens is 356 g/mol. The zero-order valence-corrected chi connectivity index (χ0v) is 15.8. The standard InChI is InChI=1S/C21H26N4O3/c22-16-7-12-6-15(16)17(8-12)23-9-11-1-2-13-10-25(21(28)14(13)5-11)18-3-4-19(26)24-20(18)27/h1-2,5,12,15-18,23H,3-4,6-10,22H2,(H,24,26,27)/t12-,15+,16-,17+,18?/m1/s1. The van der Waals surface area contributed by atoms with Crippen molar-refractivity contribution < 1.29 is 14.4 Å². The number of benzene rings is 1. The molecule has 2 bridgehead atoms. The summed E-state index contributed by atoms with van der Waals surface area (Å²) < 4.78 is 0. The lowest BCUT2D eigenvalue weighted by molar-refractivity contribution is -0.136. The third-order valence-corrected chi connectivity index (χ3v) is 7.03. The lowest BCUT2D eigenvalue weighted by Gasteiger charge is -2.29. The van der Waals surface area contributed by atoms with Crippen molar-refractivity contribution in [1.29, 1.82) is 0 Å². The van der Waals surface area contributed by atoms with E-state index in [0.717, 1.165) is 30.0 Å². The number of nitrogens with one attached hydrogen (secondary N) is 2. The summed E-state index contributed by atoms with van der Waals surface area (Å²) in [6.45, 7) is 1.15. The summed E-state index contributed by atoms with van der Waals surface area (Å²) in [6.07, 6.45) is 4.26. The average Bonchev–Trinajstić information content (AvgIpc) is 3.33. The largest absolute Gasteiger partial charge is 0.327 e. The Morgan fingerprint density at radius 3 is 2.79 bits per heavy atom. The van der Waals surface area contributed by atoms with Gasteiger partial charge in [0.2, 0.25) is 11.8 Å². The number of rotatable bonds is 4. The Morgan fingerprint density at radius 1 is 1.18 bits per heavy atom. The molecular formula is C21H26N4O3. The molecule has 3 amide bonds. The fraction of sp³-hybridized carbons (Fsp3) is 0.571. The number of nitrogens with zero attached hydrogens (tertiary/aromatic N) is 1. The van der Waals surface area contributed by atoms with Crippen LogP contribution in [-0.4, -0.2) is 40.7 Å². The van der Waals surface area contributed by atoms with Crippen molar-refractivity contribution in [3.05, 3.63) is 34.9 Å². The van der Waals surface area contributed by atoms with Crippen molar-refractivity contribution in [2.75, 3.05) is 0 Å². The van der Waals surface area contributed by atoms with Gasteiger partial charge < -0.3 is 16.0 Å². The van der Waals surface area contributed by atoms with E-state index in [4.69, 9.17) is 5.73 Å². The number of hydrogen-bond acceptors (Lipinski definition) is 5. The Balaban J connectivity index is 1.26. The molecule has 0 radical (unpaired) electrons. The summed E-state index contributed by atoms with van der Waals surface area (Å²) in [5.74, 6) is 0.588. The molecule has 0 aromatic heterocycles. The van der Waals surface area contributed by atoms with Crippen LogP contribution in [0.2, 0.25) is 0 Å². The highest BCUT2D eigenvalue weighted by atomic mass is 16.2. The molecule has 0 spiro atoms. The zero-order chi connectivity index (χ0) is 19.4. The van der Waals surface area contributed by atoms with Crippen molar-refractivity contribution in [2.45, 2.75) is 63.3 Å². The zero-order valence-electron chi connectivity index (χ0n) is 15.8. The maximum absolute atomic E-state index is 12.9. The minimum Gasteiger partial charge on any atom is -0.327 e. The minimum atomic E-state index is -0.560. The summed E-state index contributed by atoms with van der Waals surface area (Å²) >= 11 is 0. The number of piperidine rings is 1. The van der Waals surface area contributed by atoms with E-state index in [0.29, 0.717) is 36.5 Å². The summed E-state index contributed by atoms with van der Waals surface area (Å²) in [7, 11) is 0. The molecule has 7 nitrogen and oxygen atoms in total. The molecule has 1 saturated heterocycles. The number of carbonyl (C=O) groups excluding carboxylic acids is 3. The van der Waals surface area contributed by atoms with Crippen LogP contribution >= 0.6 is 0 Å². The quantitative estimate of drug-likeness (QED) is 0.664. The van der Waals surface area contributed by atoms with Gasteiger partial charge in [0.05, 0.1) is 0 Å². The molecule has 1 aromatic carbocycles. The maximum atomic E-state index is 12.9. The van der Waals surface area contributed by atoms with Crippen LogP contribution in [0.25, 0.3) is 0 Å². The second-order valence-electron chi connectivity index (χ2n) is 8.78. The first kappa shape index (κ1) is 17.8. The van der Waals surface area contributed by atoms with E-state index in [9.17, 15) is 14.4 Å². The highest BCUT2D eigenvalue weighted by Crippen LogP contribution is 2.43. The molecule has 2 saturated carbocycles. The first-order chi connectivity index (χ1) is 13.5. The van der Waals surface area contributed by atoms with Gasteiger partial charge in [-0.3, -0.25) is 19.7 Å². The van der Waals surface area contributed by atoms with Crippen LogP contribution in [0.1, 0.15) is 53.6 Å². The Hall–Kier alpha value is -2.25. The van der Waals surface area contributed by atoms with Crippen LogP contribution in [-0.2, 0) is 22.7 Å². The van der Waals surface area contributed by atoms with Crippen molar-refractivity contribution in [2.24, 2.45) is 17.6 Å². The molecule has 148 valence electrons.